The van der Waals surface area contributed by atoms with Crippen LogP contribution in [-0.2, 0) is 11.2 Å². The van der Waals surface area contributed by atoms with Crippen molar-refractivity contribution in [1.82, 2.24) is 16.0 Å². The lowest BCUT2D eigenvalue weighted by Crippen LogP contribution is -2.47. The van der Waals surface area contributed by atoms with Crippen LogP contribution in [-0.4, -0.2) is 62.8 Å². The van der Waals surface area contributed by atoms with Gasteiger partial charge in [-0.1, -0.05) is 30.3 Å². The summed E-state index contributed by atoms with van der Waals surface area (Å²) in [6.07, 6.45) is 6.35. The second-order valence-corrected chi connectivity index (χ2v) is 6.95. The predicted octanol–water partition coefficient (Wildman–Crippen LogP) is 0.836. The van der Waals surface area contributed by atoms with Gasteiger partial charge in [-0.05, 0) is 44.2 Å². The molecule has 2 atom stereocenters. The molecule has 27 heavy (non-hydrogen) atoms. The number of aldehydes is 1. The van der Waals surface area contributed by atoms with E-state index in [1.807, 2.05) is 6.07 Å². The normalized spacial score (nSPS) is 13.4. The number of carbonyl (C=O) groups excluding carboxylic acids is 1. The summed E-state index contributed by atoms with van der Waals surface area (Å²) in [6.45, 7) is 4.15. The number of nitrogens with one attached hydrogen (secondary N) is 3. The molecule has 0 radical (unpaired) electrons. The third kappa shape index (κ3) is 12.7. The molecule has 1 aromatic rings. The Bertz CT molecular complexity index is 459. The zero-order chi connectivity index (χ0) is 19.6. The molecule has 0 aliphatic rings. The van der Waals surface area contributed by atoms with E-state index in [1.54, 1.807) is 0 Å². The molecule has 1 aromatic carbocycles. The van der Waals surface area contributed by atoms with Gasteiger partial charge in [0, 0.05) is 51.3 Å². The second kappa shape index (κ2) is 16.8. The average molecular weight is 379 g/mol. The first-order valence-corrected chi connectivity index (χ1v) is 10.3. The molecular formula is C21H38N4O2. The van der Waals surface area contributed by atoms with Gasteiger partial charge in [0.25, 0.3) is 0 Å². The third-order valence-corrected chi connectivity index (χ3v) is 4.63. The van der Waals surface area contributed by atoms with Crippen LogP contribution in [0.2, 0.25) is 0 Å². The summed E-state index contributed by atoms with van der Waals surface area (Å²) >= 11 is 0. The Kier molecular flexibility index (Phi) is 14.8. The number of rotatable bonds is 18. The van der Waals surface area contributed by atoms with E-state index in [0.717, 1.165) is 58.1 Å². The monoisotopic (exact) mass is 378 g/mol. The summed E-state index contributed by atoms with van der Waals surface area (Å²) < 4.78 is 0. The first-order chi connectivity index (χ1) is 13.3. The second-order valence-electron chi connectivity index (χ2n) is 6.95. The van der Waals surface area contributed by atoms with E-state index in [0.29, 0.717) is 25.4 Å². The van der Waals surface area contributed by atoms with Crippen LogP contribution in [0.3, 0.4) is 0 Å². The highest BCUT2D eigenvalue weighted by Gasteiger charge is 2.12. The van der Waals surface area contributed by atoms with Gasteiger partial charge in [-0.2, -0.15) is 0 Å². The lowest BCUT2D eigenvalue weighted by molar-refractivity contribution is -0.107. The molecule has 0 spiro atoms. The molecule has 0 aliphatic heterocycles. The van der Waals surface area contributed by atoms with Gasteiger partial charge >= 0.3 is 0 Å². The van der Waals surface area contributed by atoms with Crippen molar-refractivity contribution in [3.05, 3.63) is 35.9 Å². The number of nitrogens with two attached hydrogens (primary N) is 1. The highest BCUT2D eigenvalue weighted by Crippen LogP contribution is 2.04. The van der Waals surface area contributed by atoms with E-state index < -0.39 is 0 Å². The lowest BCUT2D eigenvalue weighted by Gasteiger charge is -2.24. The maximum atomic E-state index is 10.6. The van der Waals surface area contributed by atoms with Crippen LogP contribution >= 0.6 is 0 Å². The minimum Gasteiger partial charge on any atom is -0.396 e. The van der Waals surface area contributed by atoms with Crippen molar-refractivity contribution in [3.63, 3.8) is 0 Å². The summed E-state index contributed by atoms with van der Waals surface area (Å²) in [4.78, 5) is 10.6. The Morgan fingerprint density at radius 2 is 1.78 bits per heavy atom. The molecule has 6 heteroatoms. The summed E-state index contributed by atoms with van der Waals surface area (Å²) in [7, 11) is 0. The molecule has 1 rings (SSSR count). The number of aryl methyl sites for hydroxylation is 1. The van der Waals surface area contributed by atoms with Gasteiger partial charge in [-0.3, -0.25) is 0 Å². The smallest absolute Gasteiger partial charge is 0.119 e. The number of unbranched alkanes of at least 4 members (excludes halogenated alkanes) is 1. The van der Waals surface area contributed by atoms with E-state index in [2.05, 4.69) is 40.2 Å². The van der Waals surface area contributed by atoms with Crippen LogP contribution in [0.4, 0.5) is 0 Å². The molecule has 6 N–H and O–H groups in total. The van der Waals surface area contributed by atoms with Gasteiger partial charge in [-0.15, -0.1) is 0 Å². The SMILES string of the molecule is NCCNC[C@H](CCO)NC[C@H](CCCC=O)NCCCc1ccccc1. The van der Waals surface area contributed by atoms with Crippen molar-refractivity contribution in [3.8, 4) is 0 Å². The number of aliphatic hydroxyl groups excluding tert-OH is 1. The first-order valence-electron chi connectivity index (χ1n) is 10.3. The van der Waals surface area contributed by atoms with E-state index in [4.69, 9.17) is 5.73 Å². The fraction of sp³-hybridized carbons (Fsp3) is 0.667. The average Bonchev–Trinajstić information content (AvgIpc) is 2.69. The molecule has 0 bridgehead atoms. The maximum absolute atomic E-state index is 10.6. The van der Waals surface area contributed by atoms with Gasteiger partial charge in [0.1, 0.15) is 6.29 Å². The molecular weight excluding hydrogens is 340 g/mol. The third-order valence-electron chi connectivity index (χ3n) is 4.63. The molecule has 0 fully saturated rings. The molecule has 0 unspecified atom stereocenters. The Morgan fingerprint density at radius 1 is 1.00 bits per heavy atom. The van der Waals surface area contributed by atoms with Crippen LogP contribution in [0, 0.1) is 0 Å². The van der Waals surface area contributed by atoms with Crippen molar-refractivity contribution in [2.75, 3.05) is 39.3 Å². The van der Waals surface area contributed by atoms with Crippen LogP contribution in [0.25, 0.3) is 0 Å². The zero-order valence-electron chi connectivity index (χ0n) is 16.5. The van der Waals surface area contributed by atoms with Crippen LogP contribution in [0.15, 0.2) is 30.3 Å². The number of carbonyl (C=O) groups is 1. The largest absolute Gasteiger partial charge is 0.396 e. The summed E-state index contributed by atoms with van der Waals surface area (Å²) in [5, 5.41) is 19.8. The minimum atomic E-state index is 0.169. The van der Waals surface area contributed by atoms with Crippen LogP contribution < -0.4 is 21.7 Å². The fourth-order valence-corrected chi connectivity index (χ4v) is 3.09. The number of hydrogen-bond donors (Lipinski definition) is 5. The topological polar surface area (TPSA) is 99.4 Å². The van der Waals surface area contributed by atoms with Crippen molar-refractivity contribution in [1.29, 1.82) is 0 Å². The van der Waals surface area contributed by atoms with Gasteiger partial charge in [0.2, 0.25) is 0 Å². The van der Waals surface area contributed by atoms with Crippen molar-refractivity contribution >= 4 is 6.29 Å². The zero-order valence-corrected chi connectivity index (χ0v) is 16.5. The Labute approximate surface area is 164 Å². The molecule has 0 aliphatic carbocycles. The molecule has 154 valence electrons. The maximum Gasteiger partial charge on any atom is 0.119 e. The summed E-state index contributed by atoms with van der Waals surface area (Å²) in [6, 6.07) is 11.1. The highest BCUT2D eigenvalue weighted by molar-refractivity contribution is 5.48. The number of benzene rings is 1. The molecule has 0 amide bonds. The van der Waals surface area contributed by atoms with Crippen molar-refractivity contribution in [2.24, 2.45) is 5.73 Å². The van der Waals surface area contributed by atoms with Gasteiger partial charge in [-0.25, -0.2) is 0 Å². The molecule has 0 saturated heterocycles. The number of hydrogen-bond acceptors (Lipinski definition) is 6. The quantitative estimate of drug-likeness (QED) is 0.192. The highest BCUT2D eigenvalue weighted by atomic mass is 16.3. The first kappa shape index (κ1) is 23.7. The van der Waals surface area contributed by atoms with E-state index in [-0.39, 0.29) is 12.6 Å². The molecule has 0 heterocycles. The van der Waals surface area contributed by atoms with E-state index >= 15 is 0 Å². The number of aliphatic hydroxyl groups is 1. The Morgan fingerprint density at radius 3 is 2.48 bits per heavy atom. The van der Waals surface area contributed by atoms with Crippen LogP contribution in [0.5, 0.6) is 0 Å². The molecule has 6 nitrogen and oxygen atoms in total. The van der Waals surface area contributed by atoms with E-state index in [1.165, 1.54) is 5.56 Å². The Hall–Kier alpha value is -1.31. The van der Waals surface area contributed by atoms with Gasteiger partial charge < -0.3 is 31.6 Å². The predicted molar refractivity (Wildman–Crippen MR) is 112 cm³/mol. The van der Waals surface area contributed by atoms with Crippen molar-refractivity contribution < 1.29 is 9.90 Å². The standard InChI is InChI=1S/C21H38N4O2/c22-12-14-23-17-21(11-16-27)25-18-20(10-4-5-15-26)24-13-6-9-19-7-2-1-3-8-19/h1-3,7-8,15,20-21,23-25,27H,4-6,9-14,16-18,22H2/t20-,21-/m0/s1. The summed E-state index contributed by atoms with van der Waals surface area (Å²) in [5.41, 5.74) is 6.88. The summed E-state index contributed by atoms with van der Waals surface area (Å²) in [5.74, 6) is 0. The molecule has 0 aromatic heterocycles. The minimum absolute atomic E-state index is 0.169. The van der Waals surface area contributed by atoms with Crippen LogP contribution in [0.1, 0.15) is 37.7 Å². The Balaban J connectivity index is 2.35. The van der Waals surface area contributed by atoms with E-state index in [9.17, 15) is 9.90 Å². The van der Waals surface area contributed by atoms with Gasteiger partial charge in [0.15, 0.2) is 0 Å². The van der Waals surface area contributed by atoms with Crippen molar-refractivity contribution in [2.45, 2.75) is 50.6 Å². The fourth-order valence-electron chi connectivity index (χ4n) is 3.09. The molecule has 0 saturated carbocycles. The van der Waals surface area contributed by atoms with Gasteiger partial charge in [0.05, 0.1) is 0 Å². The lowest BCUT2D eigenvalue weighted by atomic mass is 10.1.